The van der Waals surface area contributed by atoms with Crippen molar-refractivity contribution in [3.05, 3.63) is 11.3 Å². The van der Waals surface area contributed by atoms with Gasteiger partial charge in [-0.3, -0.25) is 0 Å². The zero-order valence-corrected chi connectivity index (χ0v) is 24.1. The molecule has 9 nitrogen and oxygen atoms in total. The Kier molecular flexibility index (Phi) is 9.11. The Labute approximate surface area is 222 Å². The third-order valence-electron chi connectivity index (χ3n) is 7.39. The molecule has 2 aliphatic rings. The fraction of sp³-hybridized carbons (Fsp3) is 0.741. The van der Waals surface area contributed by atoms with Gasteiger partial charge in [0, 0.05) is 38.7 Å². The molecular formula is C27H44N6O3Si. The summed E-state index contributed by atoms with van der Waals surface area (Å²) in [7, 11) is -1.21. The molecule has 2 aliphatic heterocycles. The van der Waals surface area contributed by atoms with Gasteiger partial charge >= 0.3 is 6.01 Å². The summed E-state index contributed by atoms with van der Waals surface area (Å²) in [6.07, 6.45) is 5.96. The highest BCUT2D eigenvalue weighted by atomic mass is 28.3. The maximum atomic E-state index is 10.2. The largest absolute Gasteiger partial charge is 0.463 e. The van der Waals surface area contributed by atoms with E-state index in [2.05, 4.69) is 42.5 Å². The van der Waals surface area contributed by atoms with Gasteiger partial charge in [0.05, 0.1) is 19.8 Å². The number of hydrogen-bond acceptors (Lipinski definition) is 8. The predicted molar refractivity (Wildman–Crippen MR) is 148 cm³/mol. The minimum absolute atomic E-state index is 0.272. The average Bonchev–Trinajstić information content (AvgIpc) is 3.09. The molecule has 10 heteroatoms. The second-order valence-electron chi connectivity index (χ2n) is 12.0. The van der Waals surface area contributed by atoms with Crippen LogP contribution in [0.2, 0.25) is 25.7 Å². The van der Waals surface area contributed by atoms with Gasteiger partial charge in [-0.15, -0.1) is 0 Å². The van der Waals surface area contributed by atoms with Crippen LogP contribution in [0.5, 0.6) is 6.01 Å². The maximum Gasteiger partial charge on any atom is 0.319 e. The number of likely N-dealkylation sites (tertiary alicyclic amines) is 1. The van der Waals surface area contributed by atoms with Crippen LogP contribution < -0.4 is 10.5 Å². The van der Waals surface area contributed by atoms with Gasteiger partial charge < -0.3 is 29.4 Å². The van der Waals surface area contributed by atoms with E-state index in [0.29, 0.717) is 35.7 Å². The van der Waals surface area contributed by atoms with E-state index in [9.17, 15) is 5.26 Å². The van der Waals surface area contributed by atoms with Crippen LogP contribution in [0.15, 0.2) is 0 Å². The second kappa shape index (κ2) is 12.1. The van der Waals surface area contributed by atoms with E-state index >= 15 is 0 Å². The van der Waals surface area contributed by atoms with Gasteiger partial charge in [0.2, 0.25) is 0 Å². The number of fused-ring (bicyclic) bond motifs is 1. The fourth-order valence-corrected chi connectivity index (χ4v) is 5.92. The summed E-state index contributed by atoms with van der Waals surface area (Å²) in [6.45, 7) is 15.9. The van der Waals surface area contributed by atoms with Crippen molar-refractivity contribution >= 4 is 24.9 Å². The van der Waals surface area contributed by atoms with Crippen LogP contribution in [0.25, 0.3) is 11.0 Å². The summed E-state index contributed by atoms with van der Waals surface area (Å²) in [5.41, 5.74) is 9.78. The molecule has 0 atom stereocenters. The van der Waals surface area contributed by atoms with E-state index < -0.39 is 8.07 Å². The van der Waals surface area contributed by atoms with Crippen molar-refractivity contribution in [2.24, 2.45) is 5.41 Å². The number of nitrogen functional groups attached to an aromatic ring is 1. The Hall–Kier alpha value is -2.19. The Morgan fingerprint density at radius 2 is 1.89 bits per heavy atom. The molecule has 0 aliphatic carbocycles. The number of nitrogens with zero attached hydrogens (tertiary/aromatic N) is 5. The van der Waals surface area contributed by atoms with Crippen molar-refractivity contribution in [2.45, 2.75) is 77.9 Å². The van der Waals surface area contributed by atoms with Gasteiger partial charge in [-0.05, 0) is 38.3 Å². The summed E-state index contributed by atoms with van der Waals surface area (Å²) in [5, 5.41) is 10.2. The number of aryl methyl sites for hydroxylation is 1. The van der Waals surface area contributed by atoms with Crippen molar-refractivity contribution in [1.29, 1.82) is 5.26 Å². The quantitative estimate of drug-likeness (QED) is 0.267. The van der Waals surface area contributed by atoms with Crippen LogP contribution in [-0.2, 0) is 22.6 Å². The lowest BCUT2D eigenvalue weighted by molar-refractivity contribution is -0.188. The monoisotopic (exact) mass is 528 g/mol. The molecule has 37 heavy (non-hydrogen) atoms. The van der Waals surface area contributed by atoms with Crippen molar-refractivity contribution in [2.75, 3.05) is 51.8 Å². The number of anilines is 1. The molecule has 0 saturated carbocycles. The highest BCUT2D eigenvalue weighted by Gasteiger charge is 2.48. The maximum absolute atomic E-state index is 10.2. The Balaban J connectivity index is 1.45. The lowest BCUT2D eigenvalue weighted by Gasteiger charge is -2.55. The van der Waals surface area contributed by atoms with Crippen molar-refractivity contribution in [3.8, 4) is 12.1 Å². The van der Waals surface area contributed by atoms with E-state index in [0.717, 1.165) is 75.4 Å². The molecule has 2 N–H and O–H groups in total. The summed E-state index contributed by atoms with van der Waals surface area (Å²) in [6, 6.07) is 3.76. The molecule has 0 bridgehead atoms. The topological polar surface area (TPSA) is 111 Å². The van der Waals surface area contributed by atoms with Gasteiger partial charge in [0.1, 0.15) is 29.5 Å². The molecular weight excluding hydrogens is 484 g/mol. The van der Waals surface area contributed by atoms with Crippen LogP contribution in [0, 0.1) is 16.7 Å². The second-order valence-corrected chi connectivity index (χ2v) is 17.6. The smallest absolute Gasteiger partial charge is 0.319 e. The predicted octanol–water partition coefficient (Wildman–Crippen LogP) is 4.42. The van der Waals surface area contributed by atoms with Gasteiger partial charge in [0.25, 0.3) is 0 Å². The van der Waals surface area contributed by atoms with Crippen LogP contribution >= 0.6 is 0 Å². The summed E-state index contributed by atoms with van der Waals surface area (Å²) >= 11 is 0. The molecule has 2 fully saturated rings. The normalized spacial score (nSPS) is 17.1. The lowest BCUT2D eigenvalue weighted by atomic mass is 9.78. The number of aromatic nitrogens is 3. The van der Waals surface area contributed by atoms with Gasteiger partial charge in [-0.25, -0.2) is 0 Å². The SMILES string of the molecule is CCCCOc1nc(N)c2c(n1)c(CCCCCN1CC3(COC3)C1)c(C#N)n2COCC[Si](C)(C)C. The third-order valence-corrected chi connectivity index (χ3v) is 9.09. The minimum Gasteiger partial charge on any atom is -0.463 e. The van der Waals surface area contributed by atoms with Crippen LogP contribution in [0.3, 0.4) is 0 Å². The summed E-state index contributed by atoms with van der Waals surface area (Å²) in [5.74, 6) is 0.333. The van der Waals surface area contributed by atoms with E-state index in [4.69, 9.17) is 24.9 Å². The highest BCUT2D eigenvalue weighted by molar-refractivity contribution is 6.76. The number of nitrogens with two attached hydrogens (primary N) is 1. The molecule has 2 saturated heterocycles. The van der Waals surface area contributed by atoms with E-state index in [1.54, 1.807) is 0 Å². The van der Waals surface area contributed by atoms with E-state index in [1.807, 2.05) is 4.57 Å². The summed E-state index contributed by atoms with van der Waals surface area (Å²) in [4.78, 5) is 11.7. The first-order valence-electron chi connectivity index (χ1n) is 13.8. The van der Waals surface area contributed by atoms with Crippen molar-refractivity contribution in [1.82, 2.24) is 19.4 Å². The minimum atomic E-state index is -1.21. The molecule has 2 aromatic heterocycles. The molecule has 0 aromatic carbocycles. The fourth-order valence-electron chi connectivity index (χ4n) is 5.16. The Bertz CT molecular complexity index is 1090. The van der Waals surface area contributed by atoms with Crippen LogP contribution in [0.1, 0.15) is 50.3 Å². The molecule has 2 aromatic rings. The van der Waals surface area contributed by atoms with Gasteiger partial charge in [-0.2, -0.15) is 15.2 Å². The molecule has 1 spiro atoms. The molecule has 4 rings (SSSR count). The third kappa shape index (κ3) is 6.82. The van der Waals surface area contributed by atoms with Crippen LogP contribution in [-0.4, -0.2) is 73.6 Å². The van der Waals surface area contributed by atoms with Gasteiger partial charge in [0.15, 0.2) is 5.82 Å². The Morgan fingerprint density at radius 1 is 1.11 bits per heavy atom. The molecule has 4 heterocycles. The number of unbranched alkanes of at least 4 members (excludes halogenated alkanes) is 3. The number of nitriles is 1. The van der Waals surface area contributed by atoms with E-state index in [1.165, 1.54) is 13.1 Å². The molecule has 0 unspecified atom stereocenters. The Morgan fingerprint density at radius 3 is 2.54 bits per heavy atom. The first-order valence-corrected chi connectivity index (χ1v) is 17.6. The van der Waals surface area contributed by atoms with Crippen molar-refractivity contribution < 1.29 is 14.2 Å². The zero-order valence-electron chi connectivity index (χ0n) is 23.1. The standard InChI is InChI=1S/C27H44N6O3Si/c1-5-6-12-36-26-30-23-21(10-8-7-9-11-32-16-27(17-32)18-35-19-27)22(15-28)33(24(23)25(29)31-26)20-34-13-14-37(2,3)4/h5-14,16-20H2,1-4H3,(H2,29,30,31). The summed E-state index contributed by atoms with van der Waals surface area (Å²) < 4.78 is 19.1. The average molecular weight is 529 g/mol. The number of hydrogen-bond donors (Lipinski definition) is 1. The molecule has 0 radical (unpaired) electrons. The highest BCUT2D eigenvalue weighted by Crippen LogP contribution is 2.37. The molecule has 0 amide bonds. The van der Waals surface area contributed by atoms with Crippen LogP contribution in [0.4, 0.5) is 5.82 Å². The number of ether oxygens (including phenoxy) is 3. The zero-order chi connectivity index (χ0) is 26.5. The van der Waals surface area contributed by atoms with E-state index in [-0.39, 0.29) is 12.7 Å². The van der Waals surface area contributed by atoms with Gasteiger partial charge in [-0.1, -0.05) is 39.4 Å². The lowest BCUT2D eigenvalue weighted by Crippen LogP contribution is -2.65. The van der Waals surface area contributed by atoms with Crippen molar-refractivity contribution in [3.63, 3.8) is 0 Å². The molecule has 204 valence electrons. The first-order chi connectivity index (χ1) is 17.8. The first kappa shape index (κ1) is 27.8. The number of rotatable bonds is 15.